The van der Waals surface area contributed by atoms with E-state index in [4.69, 9.17) is 0 Å². The Hall–Kier alpha value is -3.35. The summed E-state index contributed by atoms with van der Waals surface area (Å²) >= 11 is 0. The van der Waals surface area contributed by atoms with Crippen molar-refractivity contribution in [3.8, 4) is 11.3 Å². The van der Waals surface area contributed by atoms with Gasteiger partial charge in [0.25, 0.3) is 0 Å². The molecule has 0 unspecified atom stereocenters. The van der Waals surface area contributed by atoms with Crippen LogP contribution >= 0.6 is 0 Å². The van der Waals surface area contributed by atoms with E-state index in [1.54, 1.807) is 6.07 Å². The number of aryl methyl sites for hydroxylation is 1. The van der Waals surface area contributed by atoms with Crippen molar-refractivity contribution < 1.29 is 9.18 Å². The monoisotopic (exact) mass is 352 g/mol. The highest BCUT2D eigenvalue weighted by molar-refractivity contribution is 5.93. The zero-order chi connectivity index (χ0) is 18.7. The lowest BCUT2D eigenvalue weighted by Gasteiger charge is -2.14. The molecule has 0 saturated carbocycles. The van der Waals surface area contributed by atoms with Gasteiger partial charge in [-0.25, -0.2) is 13.9 Å². The number of amides is 1. The first-order chi connectivity index (χ1) is 12.4. The molecular weight excluding hydrogens is 335 g/mol. The van der Waals surface area contributed by atoms with E-state index < -0.39 is 23.5 Å². The molecular formula is C19H17FN4O2. The number of hydrogen-bond donors (Lipinski definition) is 1. The van der Waals surface area contributed by atoms with Crippen LogP contribution in [0.2, 0.25) is 0 Å². The highest BCUT2D eigenvalue weighted by Gasteiger charge is 2.18. The first-order valence-electron chi connectivity index (χ1n) is 8.03. The lowest BCUT2D eigenvalue weighted by molar-refractivity contribution is -0.119. The van der Waals surface area contributed by atoms with Crippen molar-refractivity contribution in [3.05, 3.63) is 76.6 Å². The number of benzene rings is 2. The molecule has 0 radical (unpaired) electrons. The number of nitrogens with zero attached hydrogens (tertiary/aromatic N) is 3. The number of halogens is 1. The van der Waals surface area contributed by atoms with Gasteiger partial charge in [0, 0.05) is 11.3 Å². The van der Waals surface area contributed by atoms with Gasteiger partial charge in [-0.3, -0.25) is 4.79 Å². The smallest absolute Gasteiger partial charge is 0.324 e. The molecule has 0 fully saturated rings. The van der Waals surface area contributed by atoms with Crippen LogP contribution in [0.15, 0.2) is 59.5 Å². The summed E-state index contributed by atoms with van der Waals surface area (Å²) in [6.45, 7) is 3.49. The van der Waals surface area contributed by atoms with Gasteiger partial charge >= 0.3 is 5.69 Å². The fourth-order valence-electron chi connectivity index (χ4n) is 2.40. The van der Waals surface area contributed by atoms with Crippen molar-refractivity contribution in [3.63, 3.8) is 0 Å². The maximum Gasteiger partial charge on any atom is 0.365 e. The molecule has 1 heterocycles. The molecule has 1 atom stereocenters. The van der Waals surface area contributed by atoms with Crippen LogP contribution in [0.25, 0.3) is 11.3 Å². The molecule has 0 saturated heterocycles. The van der Waals surface area contributed by atoms with Gasteiger partial charge in [-0.2, -0.15) is 10.1 Å². The van der Waals surface area contributed by atoms with Crippen molar-refractivity contribution in [2.24, 2.45) is 0 Å². The number of carbonyl (C=O) groups is 1. The first kappa shape index (κ1) is 17.5. The minimum Gasteiger partial charge on any atom is -0.324 e. The summed E-state index contributed by atoms with van der Waals surface area (Å²) in [6.07, 6.45) is 1.44. The SMILES string of the molecule is Cc1ccc(-c2cnn([C@H](C)C(=O)Nc3cccc(F)c3)c(=O)n2)cc1. The lowest BCUT2D eigenvalue weighted by atomic mass is 10.1. The Balaban J connectivity index is 1.81. The Kier molecular flexibility index (Phi) is 4.88. The van der Waals surface area contributed by atoms with Gasteiger partial charge in [0.05, 0.1) is 11.9 Å². The third kappa shape index (κ3) is 3.83. The number of anilines is 1. The number of hydrogen-bond acceptors (Lipinski definition) is 4. The van der Waals surface area contributed by atoms with Crippen molar-refractivity contribution in [1.29, 1.82) is 0 Å². The van der Waals surface area contributed by atoms with Gasteiger partial charge in [0.15, 0.2) is 0 Å². The van der Waals surface area contributed by atoms with E-state index in [2.05, 4.69) is 15.4 Å². The predicted molar refractivity (Wildman–Crippen MR) is 96.2 cm³/mol. The Labute approximate surface area is 149 Å². The molecule has 7 heteroatoms. The van der Waals surface area contributed by atoms with E-state index in [1.807, 2.05) is 31.2 Å². The molecule has 3 aromatic rings. The van der Waals surface area contributed by atoms with Gasteiger partial charge in [-0.05, 0) is 32.0 Å². The van der Waals surface area contributed by atoms with Crippen LogP contribution in [-0.2, 0) is 4.79 Å². The number of aromatic nitrogens is 3. The molecule has 0 aliphatic rings. The summed E-state index contributed by atoms with van der Waals surface area (Å²) in [5.74, 6) is -0.954. The molecule has 0 spiro atoms. The third-order valence-electron chi connectivity index (χ3n) is 3.90. The minimum absolute atomic E-state index is 0.305. The van der Waals surface area contributed by atoms with E-state index >= 15 is 0 Å². The molecule has 1 N–H and O–H groups in total. The summed E-state index contributed by atoms with van der Waals surface area (Å²) in [4.78, 5) is 28.6. The topological polar surface area (TPSA) is 76.9 Å². The van der Waals surface area contributed by atoms with Crippen LogP contribution in [0.4, 0.5) is 10.1 Å². The van der Waals surface area contributed by atoms with Crippen molar-refractivity contribution in [2.75, 3.05) is 5.32 Å². The van der Waals surface area contributed by atoms with Gasteiger partial charge < -0.3 is 5.32 Å². The molecule has 1 aromatic heterocycles. The van der Waals surface area contributed by atoms with Gasteiger partial charge in [0.2, 0.25) is 5.91 Å². The zero-order valence-corrected chi connectivity index (χ0v) is 14.3. The van der Waals surface area contributed by atoms with Crippen LogP contribution < -0.4 is 11.0 Å². The van der Waals surface area contributed by atoms with E-state index in [0.29, 0.717) is 11.4 Å². The molecule has 0 aliphatic heterocycles. The minimum atomic E-state index is -0.898. The second kappa shape index (κ2) is 7.26. The van der Waals surface area contributed by atoms with E-state index in [1.165, 1.54) is 31.3 Å². The Morgan fingerprint density at radius 3 is 2.58 bits per heavy atom. The molecule has 2 aromatic carbocycles. The first-order valence-corrected chi connectivity index (χ1v) is 8.03. The average molecular weight is 352 g/mol. The second-order valence-electron chi connectivity index (χ2n) is 5.91. The normalized spacial score (nSPS) is 11.8. The summed E-state index contributed by atoms with van der Waals surface area (Å²) in [5.41, 5.74) is 1.97. The molecule has 3 rings (SSSR count). The Morgan fingerprint density at radius 1 is 1.19 bits per heavy atom. The molecule has 0 aliphatic carbocycles. The highest BCUT2D eigenvalue weighted by Crippen LogP contribution is 2.16. The molecule has 6 nitrogen and oxygen atoms in total. The average Bonchev–Trinajstić information content (AvgIpc) is 2.61. The second-order valence-corrected chi connectivity index (χ2v) is 5.91. The van der Waals surface area contributed by atoms with Crippen LogP contribution in [0.1, 0.15) is 18.5 Å². The zero-order valence-electron chi connectivity index (χ0n) is 14.3. The molecule has 1 amide bonds. The highest BCUT2D eigenvalue weighted by atomic mass is 19.1. The van der Waals surface area contributed by atoms with Crippen LogP contribution in [0.5, 0.6) is 0 Å². The fourth-order valence-corrected chi connectivity index (χ4v) is 2.40. The number of nitrogens with one attached hydrogen (secondary N) is 1. The predicted octanol–water partition coefficient (Wildman–Crippen LogP) is 2.95. The van der Waals surface area contributed by atoms with Gasteiger partial charge in [-0.15, -0.1) is 0 Å². The molecule has 26 heavy (non-hydrogen) atoms. The van der Waals surface area contributed by atoms with Crippen LogP contribution in [0.3, 0.4) is 0 Å². The van der Waals surface area contributed by atoms with Crippen LogP contribution in [-0.4, -0.2) is 20.7 Å². The standard InChI is InChI=1S/C19H17FN4O2/c1-12-6-8-14(9-7-12)17-11-21-24(19(26)23-17)13(2)18(25)22-16-5-3-4-15(20)10-16/h3-11,13H,1-2H3,(H,22,25)/t13-/m1/s1. The Bertz CT molecular complexity index is 999. The summed E-state index contributed by atoms with van der Waals surface area (Å²) < 4.78 is 14.2. The fraction of sp³-hybridized carbons (Fsp3) is 0.158. The van der Waals surface area contributed by atoms with E-state index in [9.17, 15) is 14.0 Å². The number of rotatable bonds is 4. The van der Waals surface area contributed by atoms with E-state index in [-0.39, 0.29) is 0 Å². The maximum absolute atomic E-state index is 13.2. The quantitative estimate of drug-likeness (QED) is 0.783. The van der Waals surface area contributed by atoms with Crippen molar-refractivity contribution in [1.82, 2.24) is 14.8 Å². The number of carbonyl (C=O) groups excluding carboxylic acids is 1. The van der Waals surface area contributed by atoms with Crippen molar-refractivity contribution in [2.45, 2.75) is 19.9 Å². The third-order valence-corrected chi connectivity index (χ3v) is 3.90. The molecule has 0 bridgehead atoms. The summed E-state index contributed by atoms with van der Waals surface area (Å²) in [5, 5.41) is 6.62. The largest absolute Gasteiger partial charge is 0.365 e. The summed E-state index contributed by atoms with van der Waals surface area (Å²) in [7, 11) is 0. The lowest BCUT2D eigenvalue weighted by Crippen LogP contribution is -2.34. The van der Waals surface area contributed by atoms with Gasteiger partial charge in [-0.1, -0.05) is 35.9 Å². The molecule has 132 valence electrons. The van der Waals surface area contributed by atoms with E-state index in [0.717, 1.165) is 15.8 Å². The Morgan fingerprint density at radius 2 is 1.92 bits per heavy atom. The van der Waals surface area contributed by atoms with Crippen molar-refractivity contribution >= 4 is 11.6 Å². The summed E-state index contributed by atoms with van der Waals surface area (Å²) in [6, 6.07) is 12.1. The maximum atomic E-state index is 13.2. The van der Waals surface area contributed by atoms with Gasteiger partial charge in [0.1, 0.15) is 11.9 Å². The van der Waals surface area contributed by atoms with Crippen LogP contribution in [0, 0.1) is 12.7 Å².